The summed E-state index contributed by atoms with van der Waals surface area (Å²) in [6.45, 7) is -0.278. The molecule has 0 aliphatic rings. The van der Waals surface area contributed by atoms with Gasteiger partial charge in [0.05, 0.1) is 12.5 Å². The van der Waals surface area contributed by atoms with Crippen molar-refractivity contribution >= 4 is 23.2 Å². The van der Waals surface area contributed by atoms with Crippen molar-refractivity contribution in [2.24, 2.45) is 0 Å². The van der Waals surface area contributed by atoms with Gasteiger partial charge in [-0.25, -0.2) is 0 Å². The standard InChI is InChI=1S/C22H21NO3S/c24-20(16-26-21(25)14-13-19-12-7-15-27-19)23-22(17-8-3-1-4-9-17)18-10-5-2-6-11-18/h1-12,15,22H,13-14,16H2,(H,23,24). The average Bonchev–Trinajstić information content (AvgIpc) is 3.24. The van der Waals surface area contributed by atoms with E-state index in [1.54, 1.807) is 11.3 Å². The van der Waals surface area contributed by atoms with Gasteiger partial charge in [-0.15, -0.1) is 11.3 Å². The van der Waals surface area contributed by atoms with E-state index in [9.17, 15) is 9.59 Å². The first-order valence-corrected chi connectivity index (χ1v) is 9.67. The molecule has 0 fully saturated rings. The molecule has 1 heterocycles. The van der Waals surface area contributed by atoms with E-state index in [0.29, 0.717) is 6.42 Å². The Hall–Kier alpha value is -2.92. The maximum Gasteiger partial charge on any atom is 0.306 e. The zero-order chi connectivity index (χ0) is 18.9. The summed E-state index contributed by atoms with van der Waals surface area (Å²) in [7, 11) is 0. The van der Waals surface area contributed by atoms with E-state index in [2.05, 4.69) is 5.32 Å². The van der Waals surface area contributed by atoms with E-state index in [0.717, 1.165) is 16.0 Å². The van der Waals surface area contributed by atoms with Gasteiger partial charge in [0, 0.05) is 4.88 Å². The maximum absolute atomic E-state index is 12.4. The number of rotatable bonds is 8. The van der Waals surface area contributed by atoms with Gasteiger partial charge in [-0.05, 0) is 29.0 Å². The van der Waals surface area contributed by atoms with Gasteiger partial charge in [-0.2, -0.15) is 0 Å². The molecule has 27 heavy (non-hydrogen) atoms. The van der Waals surface area contributed by atoms with Crippen LogP contribution < -0.4 is 5.32 Å². The number of hydrogen-bond acceptors (Lipinski definition) is 4. The van der Waals surface area contributed by atoms with Crippen molar-refractivity contribution in [2.75, 3.05) is 6.61 Å². The number of carbonyl (C=O) groups is 2. The Balaban J connectivity index is 1.55. The van der Waals surface area contributed by atoms with Gasteiger partial charge >= 0.3 is 5.97 Å². The van der Waals surface area contributed by atoms with Crippen molar-refractivity contribution in [3.8, 4) is 0 Å². The van der Waals surface area contributed by atoms with Gasteiger partial charge in [-0.3, -0.25) is 9.59 Å². The van der Waals surface area contributed by atoms with Crippen LogP contribution in [0.5, 0.6) is 0 Å². The monoisotopic (exact) mass is 379 g/mol. The van der Waals surface area contributed by atoms with Gasteiger partial charge in [0.25, 0.3) is 5.91 Å². The predicted molar refractivity (Wildman–Crippen MR) is 106 cm³/mol. The topological polar surface area (TPSA) is 55.4 Å². The van der Waals surface area contributed by atoms with Crippen LogP contribution in [0.25, 0.3) is 0 Å². The van der Waals surface area contributed by atoms with Gasteiger partial charge in [-0.1, -0.05) is 66.7 Å². The third-order valence-electron chi connectivity index (χ3n) is 4.09. The van der Waals surface area contributed by atoms with Crippen LogP contribution in [0, 0.1) is 0 Å². The van der Waals surface area contributed by atoms with Crippen LogP contribution in [0.1, 0.15) is 28.5 Å². The molecule has 1 amide bonds. The van der Waals surface area contributed by atoms with Crippen LogP contribution in [0.15, 0.2) is 78.2 Å². The Kier molecular flexibility index (Phi) is 6.77. The van der Waals surface area contributed by atoms with E-state index < -0.39 is 0 Å². The van der Waals surface area contributed by atoms with Crippen molar-refractivity contribution in [1.82, 2.24) is 5.32 Å². The molecule has 0 radical (unpaired) electrons. The minimum atomic E-state index is -0.366. The minimum Gasteiger partial charge on any atom is -0.456 e. The van der Waals surface area contributed by atoms with Gasteiger partial charge < -0.3 is 10.1 Å². The lowest BCUT2D eigenvalue weighted by Crippen LogP contribution is -2.33. The fourth-order valence-electron chi connectivity index (χ4n) is 2.75. The number of ether oxygens (including phenoxy) is 1. The molecule has 0 saturated carbocycles. The first-order valence-electron chi connectivity index (χ1n) is 8.79. The Morgan fingerprint density at radius 2 is 1.52 bits per heavy atom. The summed E-state index contributed by atoms with van der Waals surface area (Å²) in [6.07, 6.45) is 0.906. The zero-order valence-electron chi connectivity index (χ0n) is 14.8. The number of nitrogens with one attached hydrogen (secondary N) is 1. The van der Waals surface area contributed by atoms with Gasteiger partial charge in [0.1, 0.15) is 0 Å². The highest BCUT2D eigenvalue weighted by molar-refractivity contribution is 7.09. The number of aryl methyl sites for hydroxylation is 1. The third-order valence-corrected chi connectivity index (χ3v) is 5.03. The van der Waals surface area contributed by atoms with Crippen LogP contribution in [0.3, 0.4) is 0 Å². The lowest BCUT2D eigenvalue weighted by molar-refractivity contribution is -0.148. The summed E-state index contributed by atoms with van der Waals surface area (Å²) in [5.41, 5.74) is 1.95. The number of amides is 1. The largest absolute Gasteiger partial charge is 0.456 e. The highest BCUT2D eigenvalue weighted by Gasteiger charge is 2.17. The van der Waals surface area contributed by atoms with Crippen molar-refractivity contribution in [3.05, 3.63) is 94.2 Å². The SMILES string of the molecule is O=C(COC(=O)CCc1cccs1)NC(c1ccccc1)c1ccccc1. The molecule has 5 heteroatoms. The van der Waals surface area contributed by atoms with E-state index >= 15 is 0 Å². The molecule has 0 spiro atoms. The molecule has 0 bridgehead atoms. The third kappa shape index (κ3) is 5.79. The number of esters is 1. The lowest BCUT2D eigenvalue weighted by Gasteiger charge is -2.20. The molecule has 1 N–H and O–H groups in total. The molecule has 1 aromatic heterocycles. The molecule has 0 aliphatic carbocycles. The van der Waals surface area contributed by atoms with E-state index in [4.69, 9.17) is 4.74 Å². The number of thiophene rings is 1. The fraction of sp³-hybridized carbons (Fsp3) is 0.182. The molecule has 2 aromatic carbocycles. The molecule has 0 saturated heterocycles. The highest BCUT2D eigenvalue weighted by Crippen LogP contribution is 2.21. The van der Waals surface area contributed by atoms with Gasteiger partial charge in [0.15, 0.2) is 6.61 Å². The Bertz CT molecular complexity index is 808. The summed E-state index contributed by atoms with van der Waals surface area (Å²) >= 11 is 1.61. The fourth-order valence-corrected chi connectivity index (χ4v) is 3.46. The van der Waals surface area contributed by atoms with Crippen molar-refractivity contribution < 1.29 is 14.3 Å². The Labute approximate surface area is 162 Å². The second-order valence-electron chi connectivity index (χ2n) is 6.06. The highest BCUT2D eigenvalue weighted by atomic mass is 32.1. The number of benzene rings is 2. The normalized spacial score (nSPS) is 10.6. The van der Waals surface area contributed by atoms with Crippen molar-refractivity contribution in [1.29, 1.82) is 0 Å². The maximum atomic E-state index is 12.4. The van der Waals surface area contributed by atoms with Crippen LogP contribution in [-0.2, 0) is 20.7 Å². The smallest absolute Gasteiger partial charge is 0.306 e. The lowest BCUT2D eigenvalue weighted by atomic mass is 9.99. The molecular weight excluding hydrogens is 358 g/mol. The number of hydrogen-bond donors (Lipinski definition) is 1. The first-order chi connectivity index (χ1) is 13.2. The van der Waals surface area contributed by atoms with Crippen LogP contribution >= 0.6 is 11.3 Å². The molecule has 3 rings (SSSR count). The Morgan fingerprint density at radius 3 is 2.07 bits per heavy atom. The van der Waals surface area contributed by atoms with Crippen LogP contribution in [0.4, 0.5) is 0 Å². The first kappa shape index (κ1) is 18.9. The summed E-state index contributed by atoms with van der Waals surface area (Å²) in [5.74, 6) is -0.688. The average molecular weight is 379 g/mol. The van der Waals surface area contributed by atoms with Crippen LogP contribution in [-0.4, -0.2) is 18.5 Å². The van der Waals surface area contributed by atoms with E-state index in [1.807, 2.05) is 78.2 Å². The summed E-state index contributed by atoms with van der Waals surface area (Å²) in [6, 6.07) is 23.1. The van der Waals surface area contributed by atoms with Crippen LogP contribution in [0.2, 0.25) is 0 Å². The van der Waals surface area contributed by atoms with E-state index in [-0.39, 0.29) is 30.9 Å². The molecule has 0 aliphatic heterocycles. The molecule has 0 unspecified atom stereocenters. The predicted octanol–water partition coefficient (Wildman–Crippen LogP) is 4.13. The zero-order valence-corrected chi connectivity index (χ0v) is 15.7. The molecule has 4 nitrogen and oxygen atoms in total. The molecule has 3 aromatic rings. The minimum absolute atomic E-state index is 0.272. The van der Waals surface area contributed by atoms with Crippen molar-refractivity contribution in [3.63, 3.8) is 0 Å². The summed E-state index contributed by atoms with van der Waals surface area (Å²) in [4.78, 5) is 25.4. The Morgan fingerprint density at radius 1 is 0.889 bits per heavy atom. The van der Waals surface area contributed by atoms with E-state index in [1.165, 1.54) is 0 Å². The molecule has 138 valence electrons. The summed E-state index contributed by atoms with van der Waals surface area (Å²) in [5, 5.41) is 4.93. The number of carbonyl (C=O) groups excluding carboxylic acids is 2. The second-order valence-corrected chi connectivity index (χ2v) is 7.09. The van der Waals surface area contributed by atoms with Gasteiger partial charge in [0.2, 0.25) is 0 Å². The second kappa shape index (κ2) is 9.69. The van der Waals surface area contributed by atoms with Crippen molar-refractivity contribution in [2.45, 2.75) is 18.9 Å². The molecular formula is C22H21NO3S. The summed E-state index contributed by atoms with van der Waals surface area (Å²) < 4.78 is 5.13. The quantitative estimate of drug-likeness (QED) is 0.599. The molecule has 0 atom stereocenters.